The van der Waals surface area contributed by atoms with E-state index in [2.05, 4.69) is 44.6 Å². The van der Waals surface area contributed by atoms with Crippen LogP contribution in [0.15, 0.2) is 35.4 Å². The molecule has 0 bridgehead atoms. The van der Waals surface area contributed by atoms with Crippen LogP contribution in [0.5, 0.6) is 0 Å². The summed E-state index contributed by atoms with van der Waals surface area (Å²) in [4.78, 5) is 10.3. The zero-order chi connectivity index (χ0) is 15.1. The summed E-state index contributed by atoms with van der Waals surface area (Å²) in [5.41, 5.74) is 8.06. The van der Waals surface area contributed by atoms with Gasteiger partial charge in [0.1, 0.15) is 5.82 Å². The molecule has 3 aromatic rings. The molecule has 3 heterocycles. The van der Waals surface area contributed by atoms with E-state index in [1.54, 1.807) is 10.9 Å². The van der Waals surface area contributed by atoms with Crippen LogP contribution in [0.4, 0.5) is 11.8 Å². The Labute approximate surface area is 132 Å². The van der Waals surface area contributed by atoms with Crippen molar-refractivity contribution in [3.8, 4) is 0 Å². The second-order valence-electron chi connectivity index (χ2n) is 5.31. The molecule has 3 N–H and O–H groups in total. The molecule has 6 nitrogen and oxygen atoms in total. The highest BCUT2D eigenvalue weighted by Crippen LogP contribution is 2.37. The zero-order valence-electron chi connectivity index (χ0n) is 12.2. The molecule has 1 atom stereocenters. The number of benzene rings is 1. The number of thioether (sulfide) groups is 1. The summed E-state index contributed by atoms with van der Waals surface area (Å²) in [7, 11) is 1.85. The van der Waals surface area contributed by atoms with Crippen molar-refractivity contribution in [2.75, 3.05) is 16.8 Å². The van der Waals surface area contributed by atoms with Gasteiger partial charge in [0.05, 0.1) is 17.6 Å². The Morgan fingerprint density at radius 3 is 3.09 bits per heavy atom. The lowest BCUT2D eigenvalue weighted by Crippen LogP contribution is -2.18. The Bertz CT molecular complexity index is 843. The standard InChI is InChI=1S/C15H16N6S/c1-21-14-10(8-17-21)13(16)19-15(20-14)18-11-6-7-22-12-5-3-2-4-9(11)12/h2-5,8,11H,6-7H2,1H3,(H3,16,18,19,20). The smallest absolute Gasteiger partial charge is 0.227 e. The van der Waals surface area contributed by atoms with Gasteiger partial charge in [-0.3, -0.25) is 4.68 Å². The number of rotatable bonds is 2. The van der Waals surface area contributed by atoms with Gasteiger partial charge in [0.2, 0.25) is 5.95 Å². The molecule has 1 aliphatic heterocycles. The van der Waals surface area contributed by atoms with Crippen molar-refractivity contribution in [2.45, 2.75) is 17.4 Å². The van der Waals surface area contributed by atoms with Gasteiger partial charge in [-0.2, -0.15) is 15.1 Å². The van der Waals surface area contributed by atoms with E-state index in [4.69, 9.17) is 5.73 Å². The Hall–Kier alpha value is -2.28. The number of nitrogen functional groups attached to an aromatic ring is 1. The first-order valence-electron chi connectivity index (χ1n) is 7.16. The van der Waals surface area contributed by atoms with Gasteiger partial charge >= 0.3 is 0 Å². The number of aryl methyl sites for hydroxylation is 1. The fraction of sp³-hybridized carbons (Fsp3) is 0.267. The highest BCUT2D eigenvalue weighted by molar-refractivity contribution is 7.99. The fourth-order valence-electron chi connectivity index (χ4n) is 2.76. The van der Waals surface area contributed by atoms with Crippen molar-refractivity contribution in [1.29, 1.82) is 0 Å². The number of fused-ring (bicyclic) bond motifs is 2. The van der Waals surface area contributed by atoms with Crippen molar-refractivity contribution >= 4 is 34.6 Å². The van der Waals surface area contributed by atoms with Crippen LogP contribution in [0.25, 0.3) is 11.0 Å². The number of hydrogen-bond acceptors (Lipinski definition) is 6. The summed E-state index contributed by atoms with van der Waals surface area (Å²) in [6, 6.07) is 8.67. The maximum Gasteiger partial charge on any atom is 0.227 e. The third kappa shape index (κ3) is 2.18. The molecule has 22 heavy (non-hydrogen) atoms. The van der Waals surface area contributed by atoms with Crippen LogP contribution in [0.2, 0.25) is 0 Å². The van der Waals surface area contributed by atoms with Crippen LogP contribution < -0.4 is 11.1 Å². The maximum absolute atomic E-state index is 6.02. The Morgan fingerprint density at radius 1 is 1.32 bits per heavy atom. The summed E-state index contributed by atoms with van der Waals surface area (Å²) in [5.74, 6) is 2.09. The van der Waals surface area contributed by atoms with Gasteiger partial charge in [-0.15, -0.1) is 11.8 Å². The van der Waals surface area contributed by atoms with Gasteiger partial charge in [-0.1, -0.05) is 18.2 Å². The lowest BCUT2D eigenvalue weighted by molar-refractivity contribution is 0.718. The monoisotopic (exact) mass is 312 g/mol. The second kappa shape index (κ2) is 5.17. The minimum atomic E-state index is 0.211. The number of hydrogen-bond donors (Lipinski definition) is 2. The summed E-state index contributed by atoms with van der Waals surface area (Å²) < 4.78 is 1.71. The molecule has 0 spiro atoms. The topological polar surface area (TPSA) is 81.7 Å². The molecule has 0 amide bonds. The lowest BCUT2D eigenvalue weighted by Gasteiger charge is -2.25. The van der Waals surface area contributed by atoms with Crippen LogP contribution in [0, 0.1) is 0 Å². The van der Waals surface area contributed by atoms with Crippen molar-refractivity contribution in [1.82, 2.24) is 19.7 Å². The average Bonchev–Trinajstić information content (AvgIpc) is 2.90. The highest BCUT2D eigenvalue weighted by atomic mass is 32.2. The molecule has 0 radical (unpaired) electrons. The van der Waals surface area contributed by atoms with E-state index in [9.17, 15) is 0 Å². The molecular formula is C15H16N6S. The average molecular weight is 312 g/mol. The van der Waals surface area contributed by atoms with E-state index in [1.807, 2.05) is 18.8 Å². The SMILES string of the molecule is Cn1ncc2c(N)nc(NC3CCSc4ccccc43)nc21. The van der Waals surface area contributed by atoms with E-state index < -0.39 is 0 Å². The molecule has 112 valence electrons. The third-order valence-corrected chi connectivity index (χ3v) is 5.01. The summed E-state index contributed by atoms with van der Waals surface area (Å²) in [5, 5.41) is 8.40. The van der Waals surface area contributed by atoms with E-state index >= 15 is 0 Å². The van der Waals surface area contributed by atoms with Gasteiger partial charge in [-0.25, -0.2) is 0 Å². The maximum atomic E-state index is 6.02. The predicted molar refractivity (Wildman–Crippen MR) is 88.9 cm³/mol. The molecule has 1 unspecified atom stereocenters. The minimum absolute atomic E-state index is 0.211. The quantitative estimate of drug-likeness (QED) is 0.757. The molecule has 7 heteroatoms. The molecule has 1 aromatic carbocycles. The molecule has 2 aromatic heterocycles. The van der Waals surface area contributed by atoms with Crippen LogP contribution in [-0.4, -0.2) is 25.5 Å². The molecule has 1 aliphatic rings. The van der Waals surface area contributed by atoms with Crippen LogP contribution in [-0.2, 0) is 7.05 Å². The van der Waals surface area contributed by atoms with E-state index in [0.717, 1.165) is 23.2 Å². The van der Waals surface area contributed by atoms with Crippen LogP contribution >= 0.6 is 11.8 Å². The normalized spacial score (nSPS) is 17.4. The van der Waals surface area contributed by atoms with Gasteiger partial charge in [0, 0.05) is 17.7 Å². The lowest BCUT2D eigenvalue weighted by atomic mass is 10.0. The van der Waals surface area contributed by atoms with Crippen LogP contribution in [0.3, 0.4) is 0 Å². The predicted octanol–water partition coefficient (Wildman–Crippen LogP) is 2.59. The van der Waals surface area contributed by atoms with Gasteiger partial charge in [-0.05, 0) is 18.1 Å². The van der Waals surface area contributed by atoms with Gasteiger partial charge in [0.25, 0.3) is 0 Å². The van der Waals surface area contributed by atoms with E-state index in [0.29, 0.717) is 11.8 Å². The first-order valence-corrected chi connectivity index (χ1v) is 8.14. The van der Waals surface area contributed by atoms with Gasteiger partial charge in [0.15, 0.2) is 5.65 Å². The van der Waals surface area contributed by atoms with E-state index in [1.165, 1.54) is 10.5 Å². The molecule has 0 saturated heterocycles. The number of nitrogens with zero attached hydrogens (tertiary/aromatic N) is 4. The largest absolute Gasteiger partial charge is 0.383 e. The molecule has 4 rings (SSSR count). The summed E-state index contributed by atoms with van der Waals surface area (Å²) in [6.07, 6.45) is 2.73. The molecule has 0 aliphatic carbocycles. The van der Waals surface area contributed by atoms with E-state index in [-0.39, 0.29) is 6.04 Å². The van der Waals surface area contributed by atoms with Crippen molar-refractivity contribution in [3.05, 3.63) is 36.0 Å². The number of aromatic nitrogens is 4. The number of anilines is 2. The van der Waals surface area contributed by atoms with Gasteiger partial charge < -0.3 is 11.1 Å². The fourth-order valence-corrected chi connectivity index (χ4v) is 3.88. The second-order valence-corrected chi connectivity index (χ2v) is 6.45. The van der Waals surface area contributed by atoms with Crippen LogP contribution in [0.1, 0.15) is 18.0 Å². The van der Waals surface area contributed by atoms with Crippen molar-refractivity contribution < 1.29 is 0 Å². The third-order valence-electron chi connectivity index (χ3n) is 3.88. The highest BCUT2D eigenvalue weighted by Gasteiger charge is 2.21. The summed E-state index contributed by atoms with van der Waals surface area (Å²) >= 11 is 1.89. The summed E-state index contributed by atoms with van der Waals surface area (Å²) in [6.45, 7) is 0. The number of nitrogens with one attached hydrogen (secondary N) is 1. The first-order chi connectivity index (χ1) is 10.7. The Kier molecular flexibility index (Phi) is 3.15. The molecular weight excluding hydrogens is 296 g/mol. The zero-order valence-corrected chi connectivity index (χ0v) is 13.0. The molecule has 0 fully saturated rings. The van der Waals surface area contributed by atoms with Crippen molar-refractivity contribution in [2.24, 2.45) is 7.05 Å². The first kappa shape index (κ1) is 13.4. The Balaban J connectivity index is 1.71. The Morgan fingerprint density at radius 2 is 2.18 bits per heavy atom. The molecule has 0 saturated carbocycles. The minimum Gasteiger partial charge on any atom is -0.383 e. The number of nitrogens with two attached hydrogens (primary N) is 1. The van der Waals surface area contributed by atoms with Crippen molar-refractivity contribution in [3.63, 3.8) is 0 Å².